The van der Waals surface area contributed by atoms with Crippen molar-refractivity contribution in [2.75, 3.05) is 6.61 Å². The fraction of sp³-hybridized carbons (Fsp3) is 0.333. The molecule has 0 bridgehead atoms. The molecule has 4 nitrogen and oxygen atoms in total. The maximum atomic E-state index is 13.2. The molecule has 0 unspecified atom stereocenters. The molecule has 1 aliphatic rings. The molecule has 0 spiro atoms. The van der Waals surface area contributed by atoms with Gasteiger partial charge in [0.05, 0.1) is 0 Å². The number of cyclic esters (lactones) is 1. The summed E-state index contributed by atoms with van der Waals surface area (Å²) in [6.07, 6.45) is 0.118. The van der Waals surface area contributed by atoms with Crippen molar-refractivity contribution >= 4 is 31.4 Å². The summed E-state index contributed by atoms with van der Waals surface area (Å²) in [4.78, 5) is 26.7. The Bertz CT molecular complexity index is 748. The average Bonchev–Trinajstić information content (AvgIpc) is 3.01. The Balaban J connectivity index is 1.78. The van der Waals surface area contributed by atoms with Crippen LogP contribution in [-0.4, -0.2) is 44.5 Å². The van der Waals surface area contributed by atoms with Crippen molar-refractivity contribution in [3.05, 3.63) is 66.2 Å². The second kappa shape index (κ2) is 8.52. The SMILES string of the molecule is CC(C)[C@@H]([Se]c1ccccc1)C(=O)N1C(=O)OC[C@H]1Cc1ccccc1. The standard InChI is InChI=1S/C21H23NO3Se/c1-15(2)19(26-18-11-7-4-8-12-18)20(23)22-17(14-25-21(22)24)13-16-9-5-3-6-10-16/h3-12,15,17,19H,13-14H2,1-2H3/t17-,19-/m1/s1. The molecule has 136 valence electrons. The van der Waals surface area contributed by atoms with Gasteiger partial charge in [-0.3, -0.25) is 0 Å². The van der Waals surface area contributed by atoms with Crippen molar-refractivity contribution in [2.24, 2.45) is 5.92 Å². The summed E-state index contributed by atoms with van der Waals surface area (Å²) in [5.74, 6) is 0.0563. The van der Waals surface area contributed by atoms with Gasteiger partial charge in [0.15, 0.2) is 0 Å². The zero-order valence-electron chi connectivity index (χ0n) is 15.0. The van der Waals surface area contributed by atoms with Gasteiger partial charge in [0.25, 0.3) is 0 Å². The molecule has 0 saturated carbocycles. The second-order valence-corrected chi connectivity index (χ2v) is 9.27. The van der Waals surface area contributed by atoms with Gasteiger partial charge < -0.3 is 0 Å². The number of carbonyl (C=O) groups is 2. The van der Waals surface area contributed by atoms with E-state index in [4.69, 9.17) is 4.74 Å². The molecule has 2 atom stereocenters. The monoisotopic (exact) mass is 417 g/mol. The Morgan fingerprint density at radius 2 is 1.73 bits per heavy atom. The van der Waals surface area contributed by atoms with Gasteiger partial charge in [-0.1, -0.05) is 0 Å². The number of amides is 2. The summed E-state index contributed by atoms with van der Waals surface area (Å²) in [5, 5.41) is 0. The first-order valence-electron chi connectivity index (χ1n) is 8.81. The van der Waals surface area contributed by atoms with Crippen LogP contribution in [0.5, 0.6) is 0 Å². The van der Waals surface area contributed by atoms with Gasteiger partial charge >= 0.3 is 161 Å². The van der Waals surface area contributed by atoms with Crippen LogP contribution in [0.25, 0.3) is 0 Å². The van der Waals surface area contributed by atoms with Crippen LogP contribution in [0.4, 0.5) is 4.79 Å². The van der Waals surface area contributed by atoms with Crippen molar-refractivity contribution in [3.63, 3.8) is 0 Å². The van der Waals surface area contributed by atoms with E-state index in [2.05, 4.69) is 0 Å². The van der Waals surface area contributed by atoms with Crippen LogP contribution in [0.15, 0.2) is 60.7 Å². The number of rotatable bonds is 6. The number of hydrogen-bond acceptors (Lipinski definition) is 3. The molecular formula is C21H23NO3Se. The molecule has 1 saturated heterocycles. The van der Waals surface area contributed by atoms with E-state index in [1.54, 1.807) is 0 Å². The normalized spacial score (nSPS) is 18.0. The Hall–Kier alpha value is -2.10. The first-order valence-corrected chi connectivity index (χ1v) is 10.7. The van der Waals surface area contributed by atoms with Crippen LogP contribution >= 0.6 is 0 Å². The van der Waals surface area contributed by atoms with E-state index >= 15 is 0 Å². The molecule has 26 heavy (non-hydrogen) atoms. The summed E-state index contributed by atoms with van der Waals surface area (Å²) >= 11 is -0.0350. The van der Waals surface area contributed by atoms with Gasteiger partial charge in [0.1, 0.15) is 0 Å². The molecule has 3 rings (SSSR count). The molecule has 1 fully saturated rings. The van der Waals surface area contributed by atoms with Gasteiger partial charge in [-0.05, 0) is 0 Å². The van der Waals surface area contributed by atoms with Crippen LogP contribution in [-0.2, 0) is 16.0 Å². The van der Waals surface area contributed by atoms with Gasteiger partial charge in [-0.25, -0.2) is 0 Å². The van der Waals surface area contributed by atoms with Crippen LogP contribution < -0.4 is 4.46 Å². The third-order valence-electron chi connectivity index (χ3n) is 4.37. The van der Waals surface area contributed by atoms with Crippen molar-refractivity contribution in [1.29, 1.82) is 0 Å². The van der Waals surface area contributed by atoms with Crippen molar-refractivity contribution in [3.8, 4) is 0 Å². The third kappa shape index (κ3) is 4.35. The molecular weight excluding hydrogens is 393 g/mol. The summed E-state index contributed by atoms with van der Waals surface area (Å²) in [5.41, 5.74) is 1.10. The molecule has 0 aliphatic carbocycles. The van der Waals surface area contributed by atoms with Crippen molar-refractivity contribution < 1.29 is 14.3 Å². The summed E-state index contributed by atoms with van der Waals surface area (Å²) < 4.78 is 6.39. The summed E-state index contributed by atoms with van der Waals surface area (Å²) in [6.45, 7) is 4.35. The Morgan fingerprint density at radius 1 is 1.12 bits per heavy atom. The molecule has 1 aliphatic heterocycles. The summed E-state index contributed by atoms with van der Waals surface area (Å²) in [6, 6.07) is 19.7. The molecule has 2 amide bonds. The molecule has 0 N–H and O–H groups in total. The van der Waals surface area contributed by atoms with Gasteiger partial charge in [-0.2, -0.15) is 0 Å². The Labute approximate surface area is 160 Å². The van der Waals surface area contributed by atoms with E-state index in [0.717, 1.165) is 5.56 Å². The molecule has 0 radical (unpaired) electrons. The van der Waals surface area contributed by atoms with Gasteiger partial charge in [-0.15, -0.1) is 0 Å². The fourth-order valence-electron chi connectivity index (χ4n) is 3.02. The third-order valence-corrected chi connectivity index (χ3v) is 7.61. The number of benzene rings is 2. The number of nitrogens with zero attached hydrogens (tertiary/aromatic N) is 1. The quantitative estimate of drug-likeness (QED) is 0.681. The molecule has 1 heterocycles. The van der Waals surface area contributed by atoms with Crippen LogP contribution in [0, 0.1) is 5.92 Å². The molecule has 5 heteroatoms. The topological polar surface area (TPSA) is 46.6 Å². The van der Waals surface area contributed by atoms with E-state index in [-0.39, 0.29) is 44.2 Å². The van der Waals surface area contributed by atoms with Crippen LogP contribution in [0.2, 0.25) is 4.82 Å². The first kappa shape index (κ1) is 18.7. The van der Waals surface area contributed by atoms with E-state index in [1.807, 2.05) is 74.5 Å². The van der Waals surface area contributed by atoms with Crippen molar-refractivity contribution in [1.82, 2.24) is 4.90 Å². The summed E-state index contributed by atoms with van der Waals surface area (Å²) in [7, 11) is 0. The first-order chi connectivity index (χ1) is 12.6. The number of carbonyl (C=O) groups excluding carboxylic acids is 2. The molecule has 0 aromatic heterocycles. The van der Waals surface area contributed by atoms with Crippen molar-refractivity contribution in [2.45, 2.75) is 31.1 Å². The average molecular weight is 416 g/mol. The van der Waals surface area contributed by atoms with E-state index in [1.165, 1.54) is 9.36 Å². The van der Waals surface area contributed by atoms with E-state index in [0.29, 0.717) is 6.42 Å². The van der Waals surface area contributed by atoms with Crippen LogP contribution in [0.1, 0.15) is 19.4 Å². The zero-order valence-corrected chi connectivity index (χ0v) is 16.7. The van der Waals surface area contributed by atoms with Crippen LogP contribution in [0.3, 0.4) is 0 Å². The minimum atomic E-state index is -0.509. The predicted octanol–water partition coefficient (Wildman–Crippen LogP) is 3.05. The Kier molecular flexibility index (Phi) is 6.12. The maximum absolute atomic E-state index is 13.2. The predicted molar refractivity (Wildman–Crippen MR) is 103 cm³/mol. The zero-order chi connectivity index (χ0) is 18.5. The number of imide groups is 1. The second-order valence-electron chi connectivity index (χ2n) is 6.72. The fourth-order valence-corrected chi connectivity index (χ4v) is 5.32. The molecule has 2 aromatic rings. The number of hydrogen-bond donors (Lipinski definition) is 0. The number of ether oxygens (including phenoxy) is 1. The van der Waals surface area contributed by atoms with Gasteiger partial charge in [0, 0.05) is 0 Å². The van der Waals surface area contributed by atoms with E-state index in [9.17, 15) is 9.59 Å². The molecule has 2 aromatic carbocycles. The van der Waals surface area contributed by atoms with E-state index < -0.39 is 6.09 Å². The van der Waals surface area contributed by atoms with Gasteiger partial charge in [0.2, 0.25) is 0 Å². The Morgan fingerprint density at radius 3 is 2.35 bits per heavy atom. The minimum absolute atomic E-state index is 0.0350.